The number of carbonyl (C=O) groups is 2. The zero-order chi connectivity index (χ0) is 21.9. The Balaban J connectivity index is 3.60. The molecule has 0 aromatic heterocycles. The fourth-order valence-corrected chi connectivity index (χ4v) is 3.33. The van der Waals surface area contributed by atoms with E-state index in [2.05, 4.69) is 24.4 Å². The van der Waals surface area contributed by atoms with Gasteiger partial charge in [0.15, 0.2) is 0 Å². The van der Waals surface area contributed by atoms with Crippen molar-refractivity contribution in [3.8, 4) is 0 Å². The highest BCUT2D eigenvalue weighted by Gasteiger charge is 2.20. The van der Waals surface area contributed by atoms with Gasteiger partial charge in [-0.2, -0.15) is 0 Å². The Hall–Kier alpha value is -1.36. The molecule has 170 valence electrons. The van der Waals surface area contributed by atoms with Crippen LogP contribution in [0.3, 0.4) is 0 Å². The Morgan fingerprint density at radius 1 is 0.931 bits per heavy atom. The smallest absolute Gasteiger partial charge is 0.326 e. The molecular weight excluding hydrogens is 366 g/mol. The number of unbranched alkanes of at least 4 members (excludes halogenated alkanes) is 8. The molecule has 29 heavy (non-hydrogen) atoms. The van der Waals surface area contributed by atoms with E-state index in [4.69, 9.17) is 5.11 Å². The predicted molar refractivity (Wildman–Crippen MR) is 120 cm³/mol. The van der Waals surface area contributed by atoms with E-state index in [1.807, 2.05) is 13.8 Å². The summed E-state index contributed by atoms with van der Waals surface area (Å²) >= 11 is 0. The van der Waals surface area contributed by atoms with Crippen LogP contribution in [0.25, 0.3) is 0 Å². The van der Waals surface area contributed by atoms with Crippen LogP contribution in [0, 0.1) is 5.92 Å². The maximum absolute atomic E-state index is 11.9. The SMILES string of the molecule is CCCCCC[C@@H](O)C/C=C\CCCCCCCC(=O)N[C@@H](CC(C)C)C(=O)O. The van der Waals surface area contributed by atoms with Crippen molar-refractivity contribution < 1.29 is 19.8 Å². The lowest BCUT2D eigenvalue weighted by atomic mass is 10.0. The number of nitrogens with one attached hydrogen (secondary N) is 1. The largest absolute Gasteiger partial charge is 0.480 e. The van der Waals surface area contributed by atoms with Crippen molar-refractivity contribution in [1.82, 2.24) is 5.32 Å². The summed E-state index contributed by atoms with van der Waals surface area (Å²) in [5, 5.41) is 21.7. The molecule has 0 aromatic rings. The van der Waals surface area contributed by atoms with E-state index in [0.717, 1.165) is 57.8 Å². The number of aliphatic hydroxyl groups is 1. The number of hydrogen-bond acceptors (Lipinski definition) is 3. The lowest BCUT2D eigenvalue weighted by Crippen LogP contribution is -2.41. The number of aliphatic hydroxyl groups excluding tert-OH is 1. The highest BCUT2D eigenvalue weighted by Crippen LogP contribution is 2.11. The van der Waals surface area contributed by atoms with Gasteiger partial charge in [0.2, 0.25) is 5.91 Å². The summed E-state index contributed by atoms with van der Waals surface area (Å²) in [4.78, 5) is 23.1. The van der Waals surface area contributed by atoms with Gasteiger partial charge in [-0.3, -0.25) is 4.79 Å². The number of carbonyl (C=O) groups excluding carboxylic acids is 1. The first-order valence-electron chi connectivity index (χ1n) is 11.7. The summed E-state index contributed by atoms with van der Waals surface area (Å²) in [6.45, 7) is 6.10. The van der Waals surface area contributed by atoms with Gasteiger partial charge in [-0.05, 0) is 44.4 Å². The molecule has 0 aliphatic rings. The Kier molecular flexibility index (Phi) is 17.8. The first kappa shape index (κ1) is 27.6. The third-order valence-electron chi connectivity index (χ3n) is 5.08. The van der Waals surface area contributed by atoms with Crippen molar-refractivity contribution in [2.24, 2.45) is 5.92 Å². The summed E-state index contributed by atoms with van der Waals surface area (Å²) in [7, 11) is 0. The second kappa shape index (κ2) is 18.7. The molecule has 3 N–H and O–H groups in total. The molecule has 0 saturated carbocycles. The molecule has 0 rings (SSSR count). The minimum atomic E-state index is -0.955. The minimum absolute atomic E-state index is 0.158. The summed E-state index contributed by atoms with van der Waals surface area (Å²) in [6.07, 6.45) is 17.6. The lowest BCUT2D eigenvalue weighted by molar-refractivity contribution is -0.142. The number of amides is 1. The maximum Gasteiger partial charge on any atom is 0.326 e. The number of carboxylic acids is 1. The number of carboxylic acid groups (broad SMARTS) is 1. The first-order chi connectivity index (χ1) is 13.9. The van der Waals surface area contributed by atoms with Gasteiger partial charge < -0.3 is 15.5 Å². The Morgan fingerprint density at radius 3 is 2.24 bits per heavy atom. The van der Waals surface area contributed by atoms with E-state index < -0.39 is 12.0 Å². The zero-order valence-electron chi connectivity index (χ0n) is 19.0. The fraction of sp³-hybridized carbons (Fsp3) is 0.833. The summed E-state index contributed by atoms with van der Waals surface area (Å²) in [6, 6.07) is -0.774. The average Bonchev–Trinajstić information content (AvgIpc) is 2.65. The van der Waals surface area contributed by atoms with Gasteiger partial charge in [0, 0.05) is 6.42 Å². The molecule has 0 heterocycles. The van der Waals surface area contributed by atoms with Crippen LogP contribution >= 0.6 is 0 Å². The predicted octanol–water partition coefficient (Wildman–Crippen LogP) is 5.61. The van der Waals surface area contributed by atoms with Gasteiger partial charge in [0.1, 0.15) is 6.04 Å². The summed E-state index contributed by atoms with van der Waals surface area (Å²) < 4.78 is 0. The van der Waals surface area contributed by atoms with Crippen molar-refractivity contribution in [3.63, 3.8) is 0 Å². The monoisotopic (exact) mass is 411 g/mol. The lowest BCUT2D eigenvalue weighted by Gasteiger charge is -2.16. The van der Waals surface area contributed by atoms with E-state index >= 15 is 0 Å². The topological polar surface area (TPSA) is 86.6 Å². The molecule has 1 amide bonds. The maximum atomic E-state index is 11.9. The van der Waals surface area contributed by atoms with Gasteiger partial charge in [-0.25, -0.2) is 4.79 Å². The molecule has 0 aromatic carbocycles. The molecule has 0 aliphatic carbocycles. The first-order valence-corrected chi connectivity index (χ1v) is 11.7. The molecule has 5 heteroatoms. The van der Waals surface area contributed by atoms with Crippen molar-refractivity contribution in [2.75, 3.05) is 0 Å². The molecule has 0 bridgehead atoms. The molecule has 0 fully saturated rings. The van der Waals surface area contributed by atoms with E-state index in [0.29, 0.717) is 12.8 Å². The summed E-state index contributed by atoms with van der Waals surface area (Å²) in [5.41, 5.74) is 0. The number of rotatable bonds is 19. The van der Waals surface area contributed by atoms with E-state index in [1.54, 1.807) is 0 Å². The van der Waals surface area contributed by atoms with E-state index in [1.165, 1.54) is 19.3 Å². The molecule has 2 atom stereocenters. The Morgan fingerprint density at radius 2 is 1.59 bits per heavy atom. The zero-order valence-corrected chi connectivity index (χ0v) is 19.0. The van der Waals surface area contributed by atoms with E-state index in [-0.39, 0.29) is 17.9 Å². The van der Waals surface area contributed by atoms with Gasteiger partial charge in [0.05, 0.1) is 6.10 Å². The van der Waals surface area contributed by atoms with Crippen molar-refractivity contribution >= 4 is 11.9 Å². The minimum Gasteiger partial charge on any atom is -0.480 e. The Bertz CT molecular complexity index is 448. The van der Waals surface area contributed by atoms with Gasteiger partial charge >= 0.3 is 5.97 Å². The van der Waals surface area contributed by atoms with Crippen LogP contribution < -0.4 is 5.32 Å². The number of hydrogen-bond donors (Lipinski definition) is 3. The summed E-state index contributed by atoms with van der Waals surface area (Å²) in [5.74, 6) is -0.877. The molecule has 0 radical (unpaired) electrons. The Labute approximate surface area is 178 Å². The highest BCUT2D eigenvalue weighted by molar-refractivity contribution is 5.83. The van der Waals surface area contributed by atoms with Gasteiger partial charge in [0.25, 0.3) is 0 Å². The second-order valence-corrected chi connectivity index (χ2v) is 8.60. The van der Waals surface area contributed by atoms with Crippen LogP contribution in [0.5, 0.6) is 0 Å². The van der Waals surface area contributed by atoms with Crippen molar-refractivity contribution in [2.45, 2.75) is 123 Å². The molecular formula is C24H45NO4. The molecule has 0 spiro atoms. The number of aliphatic carboxylic acids is 1. The molecule has 0 saturated heterocycles. The molecule has 0 unspecified atom stereocenters. The third-order valence-corrected chi connectivity index (χ3v) is 5.08. The van der Waals surface area contributed by atoms with Gasteiger partial charge in [-0.1, -0.05) is 77.9 Å². The van der Waals surface area contributed by atoms with Crippen LogP contribution in [0.2, 0.25) is 0 Å². The van der Waals surface area contributed by atoms with Crippen LogP contribution in [-0.2, 0) is 9.59 Å². The van der Waals surface area contributed by atoms with E-state index in [9.17, 15) is 14.7 Å². The third kappa shape index (κ3) is 18.4. The van der Waals surface area contributed by atoms with Crippen molar-refractivity contribution in [1.29, 1.82) is 0 Å². The van der Waals surface area contributed by atoms with Crippen molar-refractivity contribution in [3.05, 3.63) is 12.2 Å². The second-order valence-electron chi connectivity index (χ2n) is 8.60. The average molecular weight is 412 g/mol. The normalized spacial score (nSPS) is 13.7. The van der Waals surface area contributed by atoms with Crippen LogP contribution in [0.4, 0.5) is 0 Å². The van der Waals surface area contributed by atoms with Gasteiger partial charge in [-0.15, -0.1) is 0 Å². The standard InChI is InChI=1S/C24H45NO4/c1-4-5-6-13-16-21(26)17-14-11-9-7-8-10-12-15-18-23(27)25-22(24(28)29)19-20(2)3/h11,14,20-22,26H,4-10,12-13,15-19H2,1-3H3,(H,25,27)(H,28,29)/b14-11-/t21-,22+/m1/s1. The fourth-order valence-electron chi connectivity index (χ4n) is 3.33. The quantitative estimate of drug-likeness (QED) is 0.190. The highest BCUT2D eigenvalue weighted by atomic mass is 16.4. The number of allylic oxidation sites excluding steroid dienone is 1. The van der Waals surface area contributed by atoms with Crippen LogP contribution in [0.1, 0.15) is 111 Å². The van der Waals surface area contributed by atoms with Crippen LogP contribution in [0.15, 0.2) is 12.2 Å². The molecule has 0 aliphatic heterocycles. The van der Waals surface area contributed by atoms with Crippen LogP contribution in [-0.4, -0.2) is 34.2 Å². The molecule has 5 nitrogen and oxygen atoms in total.